The lowest BCUT2D eigenvalue weighted by atomic mass is 10.1. The Kier molecular flexibility index (Phi) is 4.73. The summed E-state index contributed by atoms with van der Waals surface area (Å²) in [5.41, 5.74) is 6.17. The van der Waals surface area contributed by atoms with Crippen molar-refractivity contribution in [2.24, 2.45) is 0 Å². The quantitative estimate of drug-likeness (QED) is 0.495. The van der Waals surface area contributed by atoms with Gasteiger partial charge in [0, 0.05) is 12.1 Å². The smallest absolute Gasteiger partial charge is 0.339 e. The second-order valence-corrected chi connectivity index (χ2v) is 4.83. The minimum Gasteiger partial charge on any atom is -0.440 e. The van der Waals surface area contributed by atoms with Gasteiger partial charge < -0.3 is 10.5 Å². The van der Waals surface area contributed by atoms with Gasteiger partial charge in [0.05, 0.1) is 5.56 Å². The summed E-state index contributed by atoms with van der Waals surface area (Å²) in [6, 6.07) is 6.76. The highest BCUT2D eigenvalue weighted by Gasteiger charge is 2.30. The summed E-state index contributed by atoms with van der Waals surface area (Å²) in [5, 5.41) is 0. The van der Waals surface area contributed by atoms with Gasteiger partial charge in [0.25, 0.3) is 0 Å². The fourth-order valence-electron chi connectivity index (χ4n) is 1.71. The number of rotatable bonds is 5. The van der Waals surface area contributed by atoms with Gasteiger partial charge in [-0.25, -0.2) is 4.79 Å². The van der Waals surface area contributed by atoms with E-state index in [9.17, 15) is 4.79 Å². The largest absolute Gasteiger partial charge is 0.440 e. The molecule has 0 aliphatic heterocycles. The molecular weight excluding hydrogens is 228 g/mol. The molecule has 18 heavy (non-hydrogen) atoms. The van der Waals surface area contributed by atoms with Crippen LogP contribution < -0.4 is 5.73 Å². The standard InChI is InChI=1S/C14H22N2O2/c1-5-10-14(2,16(3)4)18-13(17)11-6-8-12(15)9-7-11/h6-9H,5,10,15H2,1-4H3. The van der Waals surface area contributed by atoms with Gasteiger partial charge in [-0.3, -0.25) is 4.90 Å². The summed E-state index contributed by atoms with van der Waals surface area (Å²) in [6.07, 6.45) is 1.74. The number of anilines is 1. The van der Waals surface area contributed by atoms with Crippen molar-refractivity contribution in [3.05, 3.63) is 29.8 Å². The Balaban J connectivity index is 2.82. The molecule has 0 spiro atoms. The molecule has 4 heteroatoms. The Hall–Kier alpha value is -1.55. The topological polar surface area (TPSA) is 55.6 Å². The van der Waals surface area contributed by atoms with Crippen molar-refractivity contribution in [3.63, 3.8) is 0 Å². The van der Waals surface area contributed by atoms with Crippen LogP contribution in [0.15, 0.2) is 24.3 Å². The predicted octanol–water partition coefficient (Wildman–Crippen LogP) is 2.50. The second-order valence-electron chi connectivity index (χ2n) is 4.83. The number of benzene rings is 1. The number of esters is 1. The van der Waals surface area contributed by atoms with Crippen molar-refractivity contribution < 1.29 is 9.53 Å². The minimum absolute atomic E-state index is 0.320. The van der Waals surface area contributed by atoms with Gasteiger partial charge in [0.15, 0.2) is 5.72 Å². The van der Waals surface area contributed by atoms with Crippen LogP contribution in [0.3, 0.4) is 0 Å². The number of nitrogen functional groups attached to an aromatic ring is 1. The molecule has 0 bridgehead atoms. The molecule has 0 aliphatic rings. The van der Waals surface area contributed by atoms with Crippen molar-refractivity contribution in [2.75, 3.05) is 19.8 Å². The molecule has 0 fully saturated rings. The molecule has 0 aliphatic carbocycles. The number of hydrogen-bond donors (Lipinski definition) is 1. The van der Waals surface area contributed by atoms with Gasteiger partial charge in [0.1, 0.15) is 0 Å². The lowest BCUT2D eigenvalue weighted by molar-refractivity contribution is -0.0908. The normalized spacial score (nSPS) is 14.3. The lowest BCUT2D eigenvalue weighted by Gasteiger charge is -2.35. The van der Waals surface area contributed by atoms with Crippen LogP contribution >= 0.6 is 0 Å². The molecule has 1 aromatic carbocycles. The first-order valence-electron chi connectivity index (χ1n) is 6.15. The number of hydrogen-bond acceptors (Lipinski definition) is 4. The highest BCUT2D eigenvalue weighted by molar-refractivity contribution is 5.90. The summed E-state index contributed by atoms with van der Waals surface area (Å²) < 4.78 is 5.61. The zero-order chi connectivity index (χ0) is 13.8. The van der Waals surface area contributed by atoms with E-state index < -0.39 is 5.72 Å². The molecule has 100 valence electrons. The Morgan fingerprint density at radius 3 is 2.33 bits per heavy atom. The molecule has 2 N–H and O–H groups in total. The van der Waals surface area contributed by atoms with Crippen LogP contribution in [0, 0.1) is 0 Å². The van der Waals surface area contributed by atoms with Crippen LogP contribution in [0.4, 0.5) is 5.69 Å². The van der Waals surface area contributed by atoms with Gasteiger partial charge >= 0.3 is 5.97 Å². The van der Waals surface area contributed by atoms with Crippen LogP contribution in [0.5, 0.6) is 0 Å². The molecule has 0 saturated carbocycles. The molecule has 1 rings (SSSR count). The Morgan fingerprint density at radius 2 is 1.89 bits per heavy atom. The SMILES string of the molecule is CCCC(C)(OC(=O)c1ccc(N)cc1)N(C)C. The lowest BCUT2D eigenvalue weighted by Crippen LogP contribution is -2.45. The molecule has 0 heterocycles. The zero-order valence-electron chi connectivity index (χ0n) is 11.6. The van der Waals surface area contributed by atoms with Crippen LogP contribution in [-0.4, -0.2) is 30.7 Å². The Morgan fingerprint density at radius 1 is 1.33 bits per heavy atom. The van der Waals surface area contributed by atoms with Crippen molar-refractivity contribution in [1.29, 1.82) is 0 Å². The summed E-state index contributed by atoms with van der Waals surface area (Å²) in [5.74, 6) is -0.320. The van der Waals surface area contributed by atoms with E-state index in [1.165, 1.54) is 0 Å². The van der Waals surface area contributed by atoms with E-state index in [0.717, 1.165) is 12.8 Å². The van der Waals surface area contributed by atoms with Crippen LogP contribution in [0.1, 0.15) is 37.0 Å². The van der Waals surface area contributed by atoms with Crippen molar-refractivity contribution in [3.8, 4) is 0 Å². The van der Waals surface area contributed by atoms with Crippen LogP contribution in [0.2, 0.25) is 0 Å². The molecule has 0 radical (unpaired) electrons. The van der Waals surface area contributed by atoms with E-state index in [2.05, 4.69) is 6.92 Å². The van der Waals surface area contributed by atoms with Gasteiger partial charge in [-0.15, -0.1) is 0 Å². The number of carbonyl (C=O) groups is 1. The van der Waals surface area contributed by atoms with Crippen LogP contribution in [-0.2, 0) is 4.74 Å². The van der Waals surface area contributed by atoms with Gasteiger partial charge in [-0.2, -0.15) is 0 Å². The predicted molar refractivity (Wildman–Crippen MR) is 73.3 cm³/mol. The van der Waals surface area contributed by atoms with E-state index in [0.29, 0.717) is 11.3 Å². The maximum Gasteiger partial charge on any atom is 0.339 e. The molecule has 4 nitrogen and oxygen atoms in total. The third-order valence-electron chi connectivity index (χ3n) is 3.12. The first-order valence-corrected chi connectivity index (χ1v) is 6.15. The van der Waals surface area contributed by atoms with Crippen molar-refractivity contribution in [2.45, 2.75) is 32.4 Å². The van der Waals surface area contributed by atoms with E-state index in [4.69, 9.17) is 10.5 Å². The van der Waals surface area contributed by atoms with Crippen molar-refractivity contribution >= 4 is 11.7 Å². The highest BCUT2D eigenvalue weighted by Crippen LogP contribution is 2.22. The number of nitrogens with zero attached hydrogens (tertiary/aromatic N) is 1. The monoisotopic (exact) mass is 250 g/mol. The number of carbonyl (C=O) groups excluding carboxylic acids is 1. The molecule has 1 unspecified atom stereocenters. The van der Waals surface area contributed by atoms with Crippen molar-refractivity contribution in [1.82, 2.24) is 4.90 Å². The molecule has 1 aromatic rings. The van der Waals surface area contributed by atoms with E-state index in [1.807, 2.05) is 25.9 Å². The third kappa shape index (κ3) is 3.47. The number of nitrogens with two attached hydrogens (primary N) is 1. The molecule has 0 saturated heterocycles. The minimum atomic E-state index is -0.576. The maximum atomic E-state index is 12.1. The first-order chi connectivity index (χ1) is 8.39. The van der Waals surface area contributed by atoms with Gasteiger partial charge in [-0.1, -0.05) is 13.3 Å². The Bertz CT molecular complexity index is 401. The highest BCUT2D eigenvalue weighted by atomic mass is 16.6. The van der Waals surface area contributed by atoms with Crippen LogP contribution in [0.25, 0.3) is 0 Å². The fourth-order valence-corrected chi connectivity index (χ4v) is 1.71. The molecule has 0 aromatic heterocycles. The Labute approximate surface area is 109 Å². The zero-order valence-corrected chi connectivity index (χ0v) is 11.6. The first kappa shape index (κ1) is 14.5. The second kappa shape index (κ2) is 5.87. The summed E-state index contributed by atoms with van der Waals surface area (Å²) in [6.45, 7) is 3.99. The average molecular weight is 250 g/mol. The van der Waals surface area contributed by atoms with E-state index in [1.54, 1.807) is 24.3 Å². The third-order valence-corrected chi connectivity index (χ3v) is 3.12. The molecular formula is C14H22N2O2. The molecule has 0 amide bonds. The fraction of sp³-hybridized carbons (Fsp3) is 0.500. The maximum absolute atomic E-state index is 12.1. The van der Waals surface area contributed by atoms with Gasteiger partial charge in [-0.05, 0) is 45.3 Å². The van der Waals surface area contributed by atoms with Gasteiger partial charge in [0.2, 0.25) is 0 Å². The number of ether oxygens (including phenoxy) is 1. The molecule has 1 atom stereocenters. The summed E-state index contributed by atoms with van der Waals surface area (Å²) in [4.78, 5) is 14.0. The average Bonchev–Trinajstić information content (AvgIpc) is 2.29. The summed E-state index contributed by atoms with van der Waals surface area (Å²) >= 11 is 0. The van der Waals surface area contributed by atoms with E-state index in [-0.39, 0.29) is 5.97 Å². The summed E-state index contributed by atoms with van der Waals surface area (Å²) in [7, 11) is 3.82. The van der Waals surface area contributed by atoms with E-state index >= 15 is 0 Å².